The first-order valence-electron chi connectivity index (χ1n) is 10.4. The predicted molar refractivity (Wildman–Crippen MR) is 121 cm³/mol. The molecule has 0 aliphatic carbocycles. The Labute approximate surface area is 178 Å². The number of rotatable bonds is 7. The Balaban J connectivity index is 1.58. The first kappa shape index (κ1) is 20.0. The molecular weight excluding hydrogens is 372 g/mol. The SMILES string of the molecule is Cc1cccc(OC(C)c2nc3ccccc3n2CCOc2c(C)cccc2C)c1. The van der Waals surface area contributed by atoms with E-state index in [1.807, 2.05) is 43.3 Å². The molecule has 0 radical (unpaired) electrons. The molecule has 1 heterocycles. The summed E-state index contributed by atoms with van der Waals surface area (Å²) in [6.45, 7) is 9.54. The molecule has 4 nitrogen and oxygen atoms in total. The average Bonchev–Trinajstić information content (AvgIpc) is 3.09. The molecule has 0 N–H and O–H groups in total. The van der Waals surface area contributed by atoms with Crippen molar-refractivity contribution in [3.63, 3.8) is 0 Å². The van der Waals surface area contributed by atoms with Crippen LogP contribution in [0.5, 0.6) is 11.5 Å². The highest BCUT2D eigenvalue weighted by molar-refractivity contribution is 5.76. The van der Waals surface area contributed by atoms with Gasteiger partial charge in [0.25, 0.3) is 0 Å². The zero-order valence-corrected chi connectivity index (χ0v) is 18.1. The van der Waals surface area contributed by atoms with E-state index in [1.54, 1.807) is 0 Å². The van der Waals surface area contributed by atoms with Crippen LogP contribution in [0.3, 0.4) is 0 Å². The second-order valence-corrected chi connectivity index (χ2v) is 7.76. The number of hydrogen-bond acceptors (Lipinski definition) is 3. The number of nitrogens with zero attached hydrogens (tertiary/aromatic N) is 2. The van der Waals surface area contributed by atoms with Gasteiger partial charge in [-0.15, -0.1) is 0 Å². The molecule has 0 saturated carbocycles. The minimum Gasteiger partial charge on any atom is -0.491 e. The number of para-hydroxylation sites is 3. The van der Waals surface area contributed by atoms with Crippen LogP contribution in [-0.4, -0.2) is 16.2 Å². The Bertz CT molecular complexity index is 1140. The molecule has 4 heteroatoms. The maximum Gasteiger partial charge on any atom is 0.153 e. The Morgan fingerprint density at radius 3 is 2.40 bits per heavy atom. The number of hydrogen-bond donors (Lipinski definition) is 0. The molecule has 0 amide bonds. The van der Waals surface area contributed by atoms with E-state index in [9.17, 15) is 0 Å². The van der Waals surface area contributed by atoms with Crippen LogP contribution in [0, 0.1) is 20.8 Å². The standard InChI is InChI=1S/C26H28N2O2/c1-18-9-7-12-22(17-18)30-21(4)26-27-23-13-5-6-14-24(23)28(26)15-16-29-25-19(2)10-8-11-20(25)3/h5-14,17,21H,15-16H2,1-4H3. The van der Waals surface area contributed by atoms with Gasteiger partial charge in [0.2, 0.25) is 0 Å². The van der Waals surface area contributed by atoms with Gasteiger partial charge >= 0.3 is 0 Å². The number of fused-ring (bicyclic) bond motifs is 1. The van der Waals surface area contributed by atoms with E-state index >= 15 is 0 Å². The first-order chi connectivity index (χ1) is 14.5. The zero-order valence-electron chi connectivity index (χ0n) is 18.1. The van der Waals surface area contributed by atoms with Gasteiger partial charge in [-0.3, -0.25) is 0 Å². The molecule has 1 aromatic heterocycles. The van der Waals surface area contributed by atoms with Crippen molar-refractivity contribution in [2.24, 2.45) is 0 Å². The zero-order chi connectivity index (χ0) is 21.1. The number of ether oxygens (including phenoxy) is 2. The van der Waals surface area contributed by atoms with Gasteiger partial charge in [0.1, 0.15) is 18.1 Å². The van der Waals surface area contributed by atoms with E-state index in [0.29, 0.717) is 13.2 Å². The second-order valence-electron chi connectivity index (χ2n) is 7.76. The smallest absolute Gasteiger partial charge is 0.153 e. The van der Waals surface area contributed by atoms with E-state index in [2.05, 4.69) is 55.7 Å². The summed E-state index contributed by atoms with van der Waals surface area (Å²) in [6.07, 6.45) is -0.181. The van der Waals surface area contributed by atoms with Crippen molar-refractivity contribution in [1.29, 1.82) is 0 Å². The van der Waals surface area contributed by atoms with Crippen LogP contribution < -0.4 is 9.47 Å². The van der Waals surface area contributed by atoms with Gasteiger partial charge in [-0.1, -0.05) is 42.5 Å². The van der Waals surface area contributed by atoms with Gasteiger partial charge in [0, 0.05) is 0 Å². The predicted octanol–water partition coefficient (Wildman–Crippen LogP) is 6.18. The highest BCUT2D eigenvalue weighted by Gasteiger charge is 2.18. The fourth-order valence-electron chi connectivity index (χ4n) is 3.85. The Hall–Kier alpha value is -3.27. The molecule has 4 rings (SSSR count). The highest BCUT2D eigenvalue weighted by atomic mass is 16.5. The number of imidazole rings is 1. The Kier molecular flexibility index (Phi) is 5.75. The average molecular weight is 401 g/mol. The third-order valence-electron chi connectivity index (χ3n) is 5.32. The van der Waals surface area contributed by atoms with Gasteiger partial charge in [-0.05, 0) is 68.7 Å². The number of aromatic nitrogens is 2. The van der Waals surface area contributed by atoms with Crippen LogP contribution in [-0.2, 0) is 6.54 Å². The van der Waals surface area contributed by atoms with Gasteiger partial charge < -0.3 is 14.0 Å². The molecule has 0 saturated heterocycles. The summed E-state index contributed by atoms with van der Waals surface area (Å²) in [5, 5.41) is 0. The molecule has 0 aliphatic heterocycles. The lowest BCUT2D eigenvalue weighted by Crippen LogP contribution is -2.16. The van der Waals surface area contributed by atoms with Crippen molar-refractivity contribution in [2.75, 3.05) is 6.61 Å². The van der Waals surface area contributed by atoms with Gasteiger partial charge in [0.05, 0.1) is 17.6 Å². The Morgan fingerprint density at radius 1 is 0.900 bits per heavy atom. The summed E-state index contributed by atoms with van der Waals surface area (Å²) < 4.78 is 14.6. The van der Waals surface area contributed by atoms with Crippen LogP contribution in [0.1, 0.15) is 35.5 Å². The first-order valence-corrected chi connectivity index (χ1v) is 10.4. The van der Waals surface area contributed by atoms with Crippen LogP contribution in [0.15, 0.2) is 66.7 Å². The monoisotopic (exact) mass is 400 g/mol. The molecule has 0 aliphatic rings. The van der Waals surface area contributed by atoms with E-state index in [1.165, 1.54) is 5.56 Å². The van der Waals surface area contributed by atoms with Crippen LogP contribution in [0.4, 0.5) is 0 Å². The van der Waals surface area contributed by atoms with Crippen LogP contribution >= 0.6 is 0 Å². The molecule has 30 heavy (non-hydrogen) atoms. The summed E-state index contributed by atoms with van der Waals surface area (Å²) in [5.41, 5.74) is 5.55. The van der Waals surface area contributed by atoms with E-state index in [4.69, 9.17) is 14.5 Å². The maximum absolute atomic E-state index is 6.23. The topological polar surface area (TPSA) is 36.3 Å². The fraction of sp³-hybridized carbons (Fsp3) is 0.269. The van der Waals surface area contributed by atoms with E-state index in [-0.39, 0.29) is 6.10 Å². The van der Waals surface area contributed by atoms with E-state index < -0.39 is 0 Å². The summed E-state index contributed by atoms with van der Waals surface area (Å²) in [7, 11) is 0. The van der Waals surface area contributed by atoms with Gasteiger partial charge in [0.15, 0.2) is 11.9 Å². The molecule has 1 unspecified atom stereocenters. The van der Waals surface area contributed by atoms with Crippen molar-refractivity contribution in [3.05, 3.63) is 89.2 Å². The van der Waals surface area contributed by atoms with Crippen LogP contribution in [0.2, 0.25) is 0 Å². The molecule has 3 aromatic carbocycles. The molecular formula is C26H28N2O2. The minimum absolute atomic E-state index is 0.181. The van der Waals surface area contributed by atoms with E-state index in [0.717, 1.165) is 39.5 Å². The number of aryl methyl sites for hydroxylation is 3. The van der Waals surface area contributed by atoms with Gasteiger partial charge in [-0.2, -0.15) is 0 Å². The molecule has 0 spiro atoms. The van der Waals surface area contributed by atoms with Crippen molar-refractivity contribution in [2.45, 2.75) is 40.3 Å². The van der Waals surface area contributed by atoms with Crippen molar-refractivity contribution in [1.82, 2.24) is 9.55 Å². The fourth-order valence-corrected chi connectivity index (χ4v) is 3.85. The number of benzene rings is 3. The largest absolute Gasteiger partial charge is 0.491 e. The summed E-state index contributed by atoms with van der Waals surface area (Å²) in [4.78, 5) is 4.87. The lowest BCUT2D eigenvalue weighted by atomic mass is 10.1. The third-order valence-corrected chi connectivity index (χ3v) is 5.32. The molecule has 154 valence electrons. The molecule has 0 fully saturated rings. The maximum atomic E-state index is 6.23. The third kappa shape index (κ3) is 4.18. The highest BCUT2D eigenvalue weighted by Crippen LogP contribution is 2.26. The quantitative estimate of drug-likeness (QED) is 0.372. The molecule has 1 atom stereocenters. The summed E-state index contributed by atoms with van der Waals surface area (Å²) in [5.74, 6) is 2.73. The van der Waals surface area contributed by atoms with Crippen molar-refractivity contribution in [3.8, 4) is 11.5 Å². The normalized spacial score (nSPS) is 12.1. The molecule has 0 bridgehead atoms. The van der Waals surface area contributed by atoms with Crippen LogP contribution in [0.25, 0.3) is 11.0 Å². The van der Waals surface area contributed by atoms with Crippen molar-refractivity contribution < 1.29 is 9.47 Å². The summed E-state index contributed by atoms with van der Waals surface area (Å²) in [6, 6.07) is 22.5. The molecule has 4 aromatic rings. The second kappa shape index (κ2) is 8.62. The van der Waals surface area contributed by atoms with Crippen molar-refractivity contribution >= 4 is 11.0 Å². The van der Waals surface area contributed by atoms with Gasteiger partial charge in [-0.25, -0.2) is 4.98 Å². The summed E-state index contributed by atoms with van der Waals surface area (Å²) >= 11 is 0. The lowest BCUT2D eigenvalue weighted by Gasteiger charge is -2.18. The lowest BCUT2D eigenvalue weighted by molar-refractivity contribution is 0.207. The Morgan fingerprint density at radius 2 is 1.63 bits per heavy atom. The minimum atomic E-state index is -0.181.